The number of nitrogens with zero attached hydrogens (tertiary/aromatic N) is 1. The Morgan fingerprint density at radius 3 is 2.81 bits per heavy atom. The first-order valence-electron chi connectivity index (χ1n) is 8.97. The van der Waals surface area contributed by atoms with E-state index in [1.54, 1.807) is 6.20 Å². The fourth-order valence-corrected chi connectivity index (χ4v) is 2.79. The summed E-state index contributed by atoms with van der Waals surface area (Å²) in [6.45, 7) is 3.77. The third-order valence-electron chi connectivity index (χ3n) is 4.08. The zero-order valence-electron chi connectivity index (χ0n) is 14.9. The molecule has 1 atom stereocenters. The van der Waals surface area contributed by atoms with Crippen molar-refractivity contribution in [2.24, 2.45) is 0 Å². The normalized spacial score (nSPS) is 16.3. The van der Waals surface area contributed by atoms with E-state index in [2.05, 4.69) is 10.3 Å². The summed E-state index contributed by atoms with van der Waals surface area (Å²) in [6, 6.07) is 11.1. The number of ether oxygens (including phenoxy) is 3. The minimum absolute atomic E-state index is 0.00249. The van der Waals surface area contributed by atoms with Crippen molar-refractivity contribution in [2.75, 3.05) is 13.2 Å². The maximum atomic E-state index is 12.0. The molecule has 1 aliphatic heterocycles. The Kier molecular flexibility index (Phi) is 6.44. The molecule has 0 saturated carbocycles. The number of pyridine rings is 1. The van der Waals surface area contributed by atoms with Crippen LogP contribution in [0.3, 0.4) is 0 Å². The fourth-order valence-electron chi connectivity index (χ4n) is 2.79. The Balaban J connectivity index is 1.51. The van der Waals surface area contributed by atoms with Crippen molar-refractivity contribution in [1.82, 2.24) is 10.3 Å². The van der Waals surface area contributed by atoms with E-state index in [0.29, 0.717) is 31.2 Å². The monoisotopic (exact) mass is 356 g/mol. The van der Waals surface area contributed by atoms with Crippen LogP contribution in [0.4, 0.5) is 0 Å². The number of hydrogen-bond acceptors (Lipinski definition) is 5. The summed E-state index contributed by atoms with van der Waals surface area (Å²) in [5.74, 6) is 1.97. The van der Waals surface area contributed by atoms with Gasteiger partial charge in [-0.2, -0.15) is 0 Å². The molecule has 6 nitrogen and oxygen atoms in total. The van der Waals surface area contributed by atoms with E-state index in [0.717, 1.165) is 30.8 Å². The second-order valence-corrected chi connectivity index (χ2v) is 6.12. The van der Waals surface area contributed by atoms with Crippen molar-refractivity contribution in [2.45, 2.75) is 38.8 Å². The third kappa shape index (κ3) is 5.46. The molecule has 2 aromatic rings. The number of carbonyl (C=O) groups excluding carboxylic acids is 1. The van der Waals surface area contributed by atoms with Crippen LogP contribution in [0.25, 0.3) is 0 Å². The zero-order chi connectivity index (χ0) is 18.2. The van der Waals surface area contributed by atoms with E-state index in [1.165, 1.54) is 0 Å². The first-order chi connectivity index (χ1) is 12.7. The second kappa shape index (κ2) is 9.20. The van der Waals surface area contributed by atoms with Crippen LogP contribution in [0.15, 0.2) is 42.6 Å². The van der Waals surface area contributed by atoms with Gasteiger partial charge in [-0.15, -0.1) is 0 Å². The number of rotatable bonds is 8. The van der Waals surface area contributed by atoms with Gasteiger partial charge in [0.1, 0.15) is 11.5 Å². The Hall–Kier alpha value is -2.60. The summed E-state index contributed by atoms with van der Waals surface area (Å²) < 4.78 is 16.7. The molecule has 26 heavy (non-hydrogen) atoms. The van der Waals surface area contributed by atoms with E-state index in [4.69, 9.17) is 14.2 Å². The van der Waals surface area contributed by atoms with E-state index >= 15 is 0 Å². The fraction of sp³-hybridized carbons (Fsp3) is 0.400. The molecule has 1 fully saturated rings. The molecule has 2 heterocycles. The quantitative estimate of drug-likeness (QED) is 0.784. The lowest BCUT2D eigenvalue weighted by atomic mass is 10.1. The van der Waals surface area contributed by atoms with Gasteiger partial charge in [0.15, 0.2) is 0 Å². The molecule has 0 spiro atoms. The van der Waals surface area contributed by atoms with Gasteiger partial charge >= 0.3 is 0 Å². The van der Waals surface area contributed by atoms with Crippen LogP contribution < -0.4 is 14.8 Å². The number of nitrogens with one attached hydrogen (secondary N) is 1. The Bertz CT molecular complexity index is 712. The molecule has 1 N–H and O–H groups in total. The van der Waals surface area contributed by atoms with Crippen LogP contribution in [0.5, 0.6) is 17.4 Å². The number of hydrogen-bond donors (Lipinski definition) is 1. The number of aromatic nitrogens is 1. The van der Waals surface area contributed by atoms with Gasteiger partial charge in [-0.05, 0) is 55.7 Å². The van der Waals surface area contributed by atoms with Gasteiger partial charge in [-0.3, -0.25) is 4.79 Å². The predicted octanol–water partition coefficient (Wildman–Crippen LogP) is 3.46. The van der Waals surface area contributed by atoms with E-state index in [-0.39, 0.29) is 12.0 Å². The molecule has 1 amide bonds. The topological polar surface area (TPSA) is 69.7 Å². The highest BCUT2D eigenvalue weighted by Gasteiger charge is 2.18. The van der Waals surface area contributed by atoms with Crippen molar-refractivity contribution < 1.29 is 19.0 Å². The van der Waals surface area contributed by atoms with Crippen LogP contribution in [0.1, 0.15) is 31.7 Å². The lowest BCUT2D eigenvalue weighted by Crippen LogP contribution is -2.26. The highest BCUT2D eigenvalue weighted by molar-refractivity contribution is 5.76. The summed E-state index contributed by atoms with van der Waals surface area (Å²) in [7, 11) is 0. The molecule has 0 radical (unpaired) electrons. The predicted molar refractivity (Wildman–Crippen MR) is 97.4 cm³/mol. The molecule has 1 saturated heterocycles. The second-order valence-electron chi connectivity index (χ2n) is 6.12. The highest BCUT2D eigenvalue weighted by atomic mass is 16.5. The largest absolute Gasteiger partial charge is 0.494 e. The van der Waals surface area contributed by atoms with Gasteiger partial charge in [0.05, 0.1) is 19.1 Å². The first-order valence-corrected chi connectivity index (χ1v) is 8.97. The minimum Gasteiger partial charge on any atom is -0.494 e. The lowest BCUT2D eigenvalue weighted by Gasteiger charge is -2.11. The maximum absolute atomic E-state index is 12.0. The molecule has 0 aliphatic carbocycles. The standard InChI is InChI=1S/C20H24N2O4/c1-2-24-16-5-7-17(8-6-16)26-20-12-15(9-10-21-20)14-22-19(23)13-18-4-3-11-25-18/h5-10,12,18H,2-4,11,13-14H2,1H3,(H,22,23)/t18-/m0/s1. The van der Waals surface area contributed by atoms with Gasteiger partial charge in [0, 0.05) is 25.4 Å². The van der Waals surface area contributed by atoms with E-state index in [1.807, 2.05) is 43.3 Å². The molecule has 6 heteroatoms. The molecule has 1 aromatic carbocycles. The number of carbonyl (C=O) groups is 1. The Morgan fingerprint density at radius 1 is 1.27 bits per heavy atom. The summed E-state index contributed by atoms with van der Waals surface area (Å²) in [4.78, 5) is 16.2. The molecule has 1 aliphatic rings. The van der Waals surface area contributed by atoms with Crippen LogP contribution in [-0.2, 0) is 16.1 Å². The Labute approximate surface area is 153 Å². The van der Waals surface area contributed by atoms with Gasteiger partial charge in [0.2, 0.25) is 11.8 Å². The van der Waals surface area contributed by atoms with Crippen molar-refractivity contribution in [3.8, 4) is 17.4 Å². The summed E-state index contributed by atoms with van der Waals surface area (Å²) in [5, 5.41) is 2.92. The molecule has 138 valence electrons. The van der Waals surface area contributed by atoms with Gasteiger partial charge in [-0.1, -0.05) is 0 Å². The summed E-state index contributed by atoms with van der Waals surface area (Å²) in [5.41, 5.74) is 0.932. The van der Waals surface area contributed by atoms with Crippen molar-refractivity contribution in [3.05, 3.63) is 48.2 Å². The zero-order valence-corrected chi connectivity index (χ0v) is 14.9. The van der Waals surface area contributed by atoms with Crippen LogP contribution in [0, 0.1) is 0 Å². The number of benzene rings is 1. The molecular formula is C20H24N2O4. The maximum Gasteiger partial charge on any atom is 0.222 e. The van der Waals surface area contributed by atoms with Crippen LogP contribution in [-0.4, -0.2) is 30.2 Å². The molecular weight excluding hydrogens is 332 g/mol. The number of amides is 1. The van der Waals surface area contributed by atoms with Crippen molar-refractivity contribution >= 4 is 5.91 Å². The highest BCUT2D eigenvalue weighted by Crippen LogP contribution is 2.23. The summed E-state index contributed by atoms with van der Waals surface area (Å²) in [6.07, 6.45) is 4.15. The minimum atomic E-state index is 0.00249. The molecule has 3 rings (SSSR count). The first kappa shape index (κ1) is 18.2. The smallest absolute Gasteiger partial charge is 0.222 e. The van der Waals surface area contributed by atoms with Crippen LogP contribution >= 0.6 is 0 Å². The lowest BCUT2D eigenvalue weighted by molar-refractivity contribution is -0.123. The van der Waals surface area contributed by atoms with E-state index < -0.39 is 0 Å². The van der Waals surface area contributed by atoms with Crippen LogP contribution in [0.2, 0.25) is 0 Å². The van der Waals surface area contributed by atoms with Gasteiger partial charge in [0.25, 0.3) is 0 Å². The molecule has 0 unspecified atom stereocenters. The molecule has 0 bridgehead atoms. The Morgan fingerprint density at radius 2 is 2.08 bits per heavy atom. The average molecular weight is 356 g/mol. The third-order valence-corrected chi connectivity index (χ3v) is 4.08. The van der Waals surface area contributed by atoms with Crippen molar-refractivity contribution in [1.29, 1.82) is 0 Å². The molecule has 1 aromatic heterocycles. The van der Waals surface area contributed by atoms with Crippen molar-refractivity contribution in [3.63, 3.8) is 0 Å². The SMILES string of the molecule is CCOc1ccc(Oc2cc(CNC(=O)C[C@@H]3CCCO3)ccn2)cc1. The average Bonchev–Trinajstić information content (AvgIpc) is 3.15. The van der Waals surface area contributed by atoms with Gasteiger partial charge < -0.3 is 19.5 Å². The van der Waals surface area contributed by atoms with Gasteiger partial charge in [-0.25, -0.2) is 4.98 Å². The summed E-state index contributed by atoms with van der Waals surface area (Å²) >= 11 is 0. The van der Waals surface area contributed by atoms with E-state index in [9.17, 15) is 4.79 Å².